The molecule has 21 heavy (non-hydrogen) atoms. The lowest BCUT2D eigenvalue weighted by molar-refractivity contribution is 0.257. The molecule has 2 heterocycles. The van der Waals surface area contributed by atoms with Gasteiger partial charge in [0.05, 0.1) is 5.69 Å². The largest absolute Gasteiger partial charge is 0.398 e. The van der Waals surface area contributed by atoms with Crippen molar-refractivity contribution in [3.63, 3.8) is 0 Å². The first-order valence-electron chi connectivity index (χ1n) is 7.28. The zero-order chi connectivity index (χ0) is 15.0. The summed E-state index contributed by atoms with van der Waals surface area (Å²) in [6, 6.07) is 5.35. The first-order chi connectivity index (χ1) is 9.98. The monoisotopic (exact) mass is 373 g/mol. The molecule has 0 saturated carbocycles. The Kier molecular flexibility index (Phi) is 4.27. The number of benzene rings is 1. The van der Waals surface area contributed by atoms with Crippen LogP contribution in [0.1, 0.15) is 19.3 Å². The Morgan fingerprint density at radius 1 is 1.19 bits per heavy atom. The van der Waals surface area contributed by atoms with Crippen LogP contribution in [-0.4, -0.2) is 49.8 Å². The highest BCUT2D eigenvalue weighted by Gasteiger charge is 2.35. The normalized spacial score (nSPS) is 24.7. The van der Waals surface area contributed by atoms with Crippen molar-refractivity contribution in [2.45, 2.75) is 30.2 Å². The van der Waals surface area contributed by atoms with Gasteiger partial charge in [0.15, 0.2) is 0 Å². The Bertz CT molecular complexity index is 635. The van der Waals surface area contributed by atoms with Crippen LogP contribution in [0.25, 0.3) is 0 Å². The molecule has 2 aliphatic rings. The number of anilines is 1. The minimum absolute atomic E-state index is 0.211. The van der Waals surface area contributed by atoms with E-state index >= 15 is 0 Å². The number of fused-ring (bicyclic) bond motifs is 1. The third-order valence-electron chi connectivity index (χ3n) is 4.36. The Morgan fingerprint density at radius 2 is 1.95 bits per heavy atom. The average molecular weight is 374 g/mol. The van der Waals surface area contributed by atoms with E-state index in [0.717, 1.165) is 36.8 Å². The lowest BCUT2D eigenvalue weighted by Crippen LogP contribution is -2.39. The van der Waals surface area contributed by atoms with E-state index in [1.165, 1.54) is 0 Å². The number of hydrogen-bond donors (Lipinski definition) is 1. The molecule has 0 bridgehead atoms. The van der Waals surface area contributed by atoms with Crippen LogP contribution in [0.15, 0.2) is 27.6 Å². The first-order valence-corrected chi connectivity index (χ1v) is 9.51. The Morgan fingerprint density at radius 3 is 2.76 bits per heavy atom. The number of nitrogen functional groups attached to an aromatic ring is 1. The average Bonchev–Trinajstić information content (AvgIpc) is 2.78. The van der Waals surface area contributed by atoms with Crippen molar-refractivity contribution in [1.82, 2.24) is 9.21 Å². The molecule has 0 radical (unpaired) electrons. The predicted molar refractivity (Wildman–Crippen MR) is 86.5 cm³/mol. The van der Waals surface area contributed by atoms with Gasteiger partial charge in [0.25, 0.3) is 0 Å². The summed E-state index contributed by atoms with van der Waals surface area (Å²) in [7, 11) is -3.53. The lowest BCUT2D eigenvalue weighted by atomic mass is 10.2. The van der Waals surface area contributed by atoms with E-state index in [1.807, 2.05) is 0 Å². The summed E-state index contributed by atoms with van der Waals surface area (Å²) in [6.45, 7) is 3.23. The summed E-state index contributed by atoms with van der Waals surface area (Å²) in [4.78, 5) is 2.63. The van der Waals surface area contributed by atoms with Crippen LogP contribution < -0.4 is 5.73 Å². The van der Waals surface area contributed by atoms with E-state index in [2.05, 4.69) is 20.8 Å². The van der Waals surface area contributed by atoms with Gasteiger partial charge in [-0.3, -0.25) is 4.90 Å². The lowest BCUT2D eigenvalue weighted by Gasteiger charge is -2.25. The number of rotatable bonds is 2. The van der Waals surface area contributed by atoms with Gasteiger partial charge in [-0.1, -0.05) is 15.9 Å². The molecule has 3 rings (SSSR count). The molecule has 2 aliphatic heterocycles. The molecule has 7 heteroatoms. The Balaban J connectivity index is 1.92. The molecule has 0 aliphatic carbocycles. The molecule has 0 spiro atoms. The van der Waals surface area contributed by atoms with E-state index < -0.39 is 10.0 Å². The molecule has 2 saturated heterocycles. The van der Waals surface area contributed by atoms with Crippen molar-refractivity contribution in [2.75, 3.05) is 31.9 Å². The molecule has 1 aromatic rings. The van der Waals surface area contributed by atoms with Crippen LogP contribution in [-0.2, 0) is 10.0 Å². The minimum atomic E-state index is -3.53. The molecule has 1 aromatic carbocycles. The summed E-state index contributed by atoms with van der Waals surface area (Å²) in [5.74, 6) is 0. The second-order valence-corrected chi connectivity index (χ2v) is 8.55. The Hall–Kier alpha value is -0.630. The maximum Gasteiger partial charge on any atom is 0.245 e. The predicted octanol–water partition coefficient (Wildman–Crippen LogP) is 1.89. The fourth-order valence-electron chi connectivity index (χ4n) is 3.26. The van der Waals surface area contributed by atoms with E-state index in [0.29, 0.717) is 24.8 Å². The molecular weight excluding hydrogens is 354 g/mol. The molecule has 116 valence electrons. The van der Waals surface area contributed by atoms with Crippen LogP contribution in [0.4, 0.5) is 5.69 Å². The number of hydrogen-bond acceptors (Lipinski definition) is 4. The maximum absolute atomic E-state index is 12.9. The second kappa shape index (κ2) is 5.87. The van der Waals surface area contributed by atoms with Crippen LogP contribution in [0, 0.1) is 0 Å². The van der Waals surface area contributed by atoms with Gasteiger partial charge < -0.3 is 5.73 Å². The first kappa shape index (κ1) is 15.3. The summed E-state index contributed by atoms with van der Waals surface area (Å²) in [5.41, 5.74) is 6.20. The quantitative estimate of drug-likeness (QED) is 0.803. The molecule has 0 aromatic heterocycles. The molecule has 5 nitrogen and oxygen atoms in total. The van der Waals surface area contributed by atoms with Crippen LogP contribution in [0.5, 0.6) is 0 Å². The summed E-state index contributed by atoms with van der Waals surface area (Å²) < 4.78 is 28.2. The SMILES string of the molecule is Nc1ccc(Br)cc1S(=O)(=O)N1CCCN2CCCC2C1. The standard InChI is InChI=1S/C14H20BrN3O2S/c15-11-4-5-13(16)14(9-11)21(19,20)18-8-2-7-17-6-1-3-12(17)10-18/h4-5,9,12H,1-3,6-8,10,16H2. The van der Waals surface area contributed by atoms with Crippen LogP contribution in [0.2, 0.25) is 0 Å². The van der Waals surface area contributed by atoms with E-state index in [9.17, 15) is 8.42 Å². The molecule has 0 amide bonds. The third kappa shape index (κ3) is 2.97. The molecule has 2 N–H and O–H groups in total. The molecule has 2 fully saturated rings. The highest BCUT2D eigenvalue weighted by molar-refractivity contribution is 9.10. The van der Waals surface area contributed by atoms with Crippen molar-refractivity contribution in [1.29, 1.82) is 0 Å². The number of sulfonamides is 1. The molecular formula is C14H20BrN3O2S. The minimum Gasteiger partial charge on any atom is -0.398 e. The molecule has 1 atom stereocenters. The van der Waals surface area contributed by atoms with Crippen molar-refractivity contribution in [3.05, 3.63) is 22.7 Å². The highest BCUT2D eigenvalue weighted by atomic mass is 79.9. The van der Waals surface area contributed by atoms with Crippen molar-refractivity contribution >= 4 is 31.6 Å². The smallest absolute Gasteiger partial charge is 0.245 e. The number of nitrogens with zero attached hydrogens (tertiary/aromatic N) is 2. The van der Waals surface area contributed by atoms with Crippen molar-refractivity contribution < 1.29 is 8.42 Å². The van der Waals surface area contributed by atoms with E-state index in [-0.39, 0.29) is 4.90 Å². The second-order valence-electron chi connectivity index (χ2n) is 5.73. The zero-order valence-corrected chi connectivity index (χ0v) is 14.2. The topological polar surface area (TPSA) is 66.6 Å². The highest BCUT2D eigenvalue weighted by Crippen LogP contribution is 2.29. The fraction of sp³-hybridized carbons (Fsp3) is 0.571. The van der Waals surface area contributed by atoms with Gasteiger partial charge >= 0.3 is 0 Å². The van der Waals surface area contributed by atoms with Gasteiger partial charge in [-0.05, 0) is 50.6 Å². The molecule has 1 unspecified atom stereocenters. The van der Waals surface area contributed by atoms with Crippen molar-refractivity contribution in [2.24, 2.45) is 0 Å². The van der Waals surface area contributed by atoms with Gasteiger partial charge in [-0.15, -0.1) is 0 Å². The number of nitrogens with two attached hydrogens (primary N) is 1. The maximum atomic E-state index is 12.9. The van der Waals surface area contributed by atoms with Crippen LogP contribution >= 0.6 is 15.9 Å². The Labute approximate surface area is 134 Å². The fourth-order valence-corrected chi connectivity index (χ4v) is 5.43. The number of halogens is 1. The summed E-state index contributed by atoms with van der Waals surface area (Å²) in [5, 5.41) is 0. The zero-order valence-electron chi connectivity index (χ0n) is 11.8. The van der Waals surface area contributed by atoms with Gasteiger partial charge in [0, 0.05) is 23.6 Å². The van der Waals surface area contributed by atoms with E-state index in [1.54, 1.807) is 22.5 Å². The van der Waals surface area contributed by atoms with E-state index in [4.69, 9.17) is 5.73 Å². The van der Waals surface area contributed by atoms with Gasteiger partial charge in [-0.25, -0.2) is 8.42 Å². The summed E-state index contributed by atoms with van der Waals surface area (Å²) >= 11 is 3.33. The van der Waals surface area contributed by atoms with Gasteiger partial charge in [0.1, 0.15) is 4.90 Å². The third-order valence-corrected chi connectivity index (χ3v) is 6.77. The summed E-state index contributed by atoms with van der Waals surface area (Å²) in [6.07, 6.45) is 3.13. The van der Waals surface area contributed by atoms with Gasteiger partial charge in [-0.2, -0.15) is 4.31 Å². The van der Waals surface area contributed by atoms with Gasteiger partial charge in [0.2, 0.25) is 10.0 Å². The van der Waals surface area contributed by atoms with Crippen LogP contribution in [0.3, 0.4) is 0 Å². The van der Waals surface area contributed by atoms with Crippen molar-refractivity contribution in [3.8, 4) is 0 Å².